The summed E-state index contributed by atoms with van der Waals surface area (Å²) in [6.07, 6.45) is 8.25. The minimum absolute atomic E-state index is 0.130. The minimum Gasteiger partial charge on any atom is -0.481 e. The first kappa shape index (κ1) is 27.9. The maximum absolute atomic E-state index is 13.9. The fourth-order valence-corrected chi connectivity index (χ4v) is 5.58. The average molecular weight is 455 g/mol. The molecule has 1 rings (SSSR count). The second-order valence-corrected chi connectivity index (χ2v) is 10.7. The van der Waals surface area contributed by atoms with Gasteiger partial charge < -0.3 is 14.2 Å². The lowest BCUT2D eigenvalue weighted by atomic mass is 10.0. The number of hydrogen-bond donors (Lipinski definition) is 1. The first-order valence-electron chi connectivity index (χ1n) is 12.1. The van der Waals surface area contributed by atoms with Gasteiger partial charge in [0.2, 0.25) is 0 Å². The molecule has 6 heteroatoms. The fourth-order valence-electron chi connectivity index (χ4n) is 3.60. The summed E-state index contributed by atoms with van der Waals surface area (Å²) in [4.78, 5) is 12.2. The number of benzene rings is 1. The highest BCUT2D eigenvalue weighted by molar-refractivity contribution is 7.55. The second-order valence-electron chi connectivity index (χ2n) is 8.51. The number of carbonyl (C=O) groups is 1. The predicted molar refractivity (Wildman–Crippen MR) is 128 cm³/mol. The number of unbranched alkanes of at least 4 members (excludes halogenated alkanes) is 2. The van der Waals surface area contributed by atoms with Gasteiger partial charge in [-0.25, -0.2) is 0 Å². The molecule has 31 heavy (non-hydrogen) atoms. The zero-order chi connectivity index (χ0) is 23.1. The maximum atomic E-state index is 13.9. The van der Waals surface area contributed by atoms with Gasteiger partial charge in [0.25, 0.3) is 0 Å². The van der Waals surface area contributed by atoms with Crippen molar-refractivity contribution in [3.05, 3.63) is 35.9 Å². The third-order valence-corrected chi connectivity index (χ3v) is 8.19. The first-order valence-corrected chi connectivity index (χ1v) is 13.7. The molecule has 0 aliphatic heterocycles. The van der Waals surface area contributed by atoms with Gasteiger partial charge in [-0.3, -0.25) is 9.36 Å². The van der Waals surface area contributed by atoms with Gasteiger partial charge in [0, 0.05) is 0 Å². The summed E-state index contributed by atoms with van der Waals surface area (Å²) >= 11 is 0. The van der Waals surface area contributed by atoms with E-state index in [1.807, 2.05) is 30.3 Å². The van der Waals surface area contributed by atoms with Gasteiger partial charge in [0.15, 0.2) is 5.66 Å². The molecule has 0 amide bonds. The normalized spacial score (nSPS) is 16.4. The molecule has 1 N–H and O–H groups in total. The smallest absolute Gasteiger partial charge is 0.345 e. The molecule has 3 unspecified atom stereocenters. The van der Waals surface area contributed by atoms with Crippen LogP contribution in [0.15, 0.2) is 30.3 Å². The van der Waals surface area contributed by atoms with Crippen molar-refractivity contribution in [2.24, 2.45) is 11.8 Å². The summed E-state index contributed by atoms with van der Waals surface area (Å²) < 4.78 is 25.8. The van der Waals surface area contributed by atoms with Crippen molar-refractivity contribution in [2.45, 2.75) is 91.1 Å². The van der Waals surface area contributed by atoms with Crippen LogP contribution in [0, 0.1) is 11.8 Å². The van der Waals surface area contributed by atoms with Crippen molar-refractivity contribution in [3.63, 3.8) is 0 Å². The molecule has 1 aromatic carbocycles. The molecule has 0 aromatic heterocycles. The van der Waals surface area contributed by atoms with E-state index in [9.17, 15) is 14.5 Å². The van der Waals surface area contributed by atoms with E-state index in [1.54, 1.807) is 0 Å². The monoisotopic (exact) mass is 454 g/mol. The van der Waals surface area contributed by atoms with E-state index < -0.39 is 19.2 Å². The van der Waals surface area contributed by atoms with Crippen molar-refractivity contribution >= 4 is 13.6 Å². The van der Waals surface area contributed by atoms with E-state index >= 15 is 0 Å². The van der Waals surface area contributed by atoms with Gasteiger partial charge in [-0.1, -0.05) is 96.6 Å². The highest BCUT2D eigenvalue weighted by Gasteiger charge is 2.42. The number of carboxylic acids is 1. The van der Waals surface area contributed by atoms with Gasteiger partial charge in [0.1, 0.15) is 0 Å². The lowest BCUT2D eigenvalue weighted by molar-refractivity contribution is -0.137. The van der Waals surface area contributed by atoms with Gasteiger partial charge in [-0.15, -0.1) is 0 Å². The van der Waals surface area contributed by atoms with E-state index in [-0.39, 0.29) is 31.5 Å². The summed E-state index contributed by atoms with van der Waals surface area (Å²) in [7, 11) is -3.85. The van der Waals surface area contributed by atoms with Gasteiger partial charge >= 0.3 is 13.6 Å². The summed E-state index contributed by atoms with van der Waals surface area (Å²) in [6, 6.07) is 9.30. The number of rotatable bonds is 18. The topological polar surface area (TPSA) is 72.8 Å². The molecular formula is C25H43O5P. The van der Waals surface area contributed by atoms with Gasteiger partial charge in [-0.2, -0.15) is 0 Å². The molecule has 0 heterocycles. The average Bonchev–Trinajstić information content (AvgIpc) is 2.78. The highest BCUT2D eigenvalue weighted by atomic mass is 31.2. The zero-order valence-electron chi connectivity index (χ0n) is 19.9. The van der Waals surface area contributed by atoms with Crippen molar-refractivity contribution in [1.29, 1.82) is 0 Å². The Morgan fingerprint density at radius 3 is 1.77 bits per heavy atom. The molecule has 0 aliphatic rings. The predicted octanol–water partition coefficient (Wildman–Crippen LogP) is 7.34. The summed E-state index contributed by atoms with van der Waals surface area (Å²) in [6.45, 7) is 9.01. The fraction of sp³-hybridized carbons (Fsp3) is 0.720. The summed E-state index contributed by atoms with van der Waals surface area (Å²) in [5.74, 6) is -0.620. The number of hydrogen-bond acceptors (Lipinski definition) is 4. The van der Waals surface area contributed by atoms with Crippen molar-refractivity contribution in [1.82, 2.24) is 0 Å². The SMILES string of the molecule is CCCCC(CC)COP(=O)(OCC(CC)CCCC)C(Cc1ccccc1)C(=O)O. The molecule has 0 spiro atoms. The highest BCUT2D eigenvalue weighted by Crippen LogP contribution is 2.55. The lowest BCUT2D eigenvalue weighted by Crippen LogP contribution is -2.27. The van der Waals surface area contributed by atoms with E-state index in [0.717, 1.165) is 56.9 Å². The van der Waals surface area contributed by atoms with E-state index in [2.05, 4.69) is 27.7 Å². The van der Waals surface area contributed by atoms with Crippen LogP contribution in [-0.2, 0) is 24.8 Å². The van der Waals surface area contributed by atoms with Gasteiger partial charge in [-0.05, 0) is 36.7 Å². The molecule has 0 fully saturated rings. The standard InChI is InChI=1S/C25H43O5P/c1-5-9-14-21(7-3)19-29-31(28,30-20-22(8-4)15-10-6-2)24(25(26)27)18-23-16-12-11-13-17-23/h11-13,16-17,21-22,24H,5-10,14-15,18-20H2,1-4H3,(H,26,27). The van der Waals surface area contributed by atoms with Crippen LogP contribution in [-0.4, -0.2) is 29.9 Å². The third kappa shape index (κ3) is 10.3. The van der Waals surface area contributed by atoms with Crippen LogP contribution < -0.4 is 0 Å². The zero-order valence-corrected chi connectivity index (χ0v) is 20.8. The Morgan fingerprint density at radius 1 is 0.903 bits per heavy atom. The third-order valence-electron chi connectivity index (χ3n) is 6.01. The Balaban J connectivity index is 3.04. The Kier molecular flexibility index (Phi) is 14.0. The van der Waals surface area contributed by atoms with Gasteiger partial charge in [0.05, 0.1) is 13.2 Å². The quantitative estimate of drug-likeness (QED) is 0.235. The molecule has 0 bridgehead atoms. The Hall–Kier alpha value is -1.16. The van der Waals surface area contributed by atoms with Crippen LogP contribution in [0.25, 0.3) is 0 Å². The lowest BCUT2D eigenvalue weighted by Gasteiger charge is -2.28. The Labute approximate surface area is 189 Å². The molecule has 0 saturated carbocycles. The second kappa shape index (κ2) is 15.6. The van der Waals surface area contributed by atoms with Crippen LogP contribution in [0.1, 0.15) is 84.6 Å². The van der Waals surface area contributed by atoms with E-state index in [0.29, 0.717) is 0 Å². The van der Waals surface area contributed by atoms with E-state index in [1.165, 1.54) is 0 Å². The molecule has 0 aliphatic carbocycles. The van der Waals surface area contributed by atoms with Crippen molar-refractivity contribution < 1.29 is 23.5 Å². The van der Waals surface area contributed by atoms with Crippen LogP contribution in [0.5, 0.6) is 0 Å². The summed E-state index contributed by atoms with van der Waals surface area (Å²) in [5.41, 5.74) is -0.388. The first-order chi connectivity index (χ1) is 14.9. The van der Waals surface area contributed by atoms with Crippen LogP contribution in [0.3, 0.4) is 0 Å². The molecule has 0 saturated heterocycles. The van der Waals surface area contributed by atoms with E-state index in [4.69, 9.17) is 9.05 Å². The molecule has 1 aromatic rings. The Morgan fingerprint density at radius 2 is 1.39 bits per heavy atom. The largest absolute Gasteiger partial charge is 0.481 e. The Bertz CT molecular complexity index is 625. The molecular weight excluding hydrogens is 411 g/mol. The number of carboxylic acid groups (broad SMARTS) is 1. The van der Waals surface area contributed by atoms with Crippen LogP contribution >= 0.6 is 7.60 Å². The van der Waals surface area contributed by atoms with Crippen molar-refractivity contribution in [2.75, 3.05) is 13.2 Å². The molecule has 0 radical (unpaired) electrons. The molecule has 5 nitrogen and oxygen atoms in total. The number of aliphatic carboxylic acids is 1. The van der Waals surface area contributed by atoms with Crippen molar-refractivity contribution in [3.8, 4) is 0 Å². The molecule has 178 valence electrons. The van der Waals surface area contributed by atoms with Crippen LogP contribution in [0.4, 0.5) is 0 Å². The maximum Gasteiger partial charge on any atom is 0.345 e. The minimum atomic E-state index is -3.85. The molecule has 3 atom stereocenters. The van der Waals surface area contributed by atoms with Crippen LogP contribution in [0.2, 0.25) is 0 Å². The summed E-state index contributed by atoms with van der Waals surface area (Å²) in [5, 5.41) is 9.97.